The molecule has 0 bridgehead atoms. The molecular weight excluding hydrogens is 346 g/mol. The highest BCUT2D eigenvalue weighted by Gasteiger charge is 2.11. The zero-order chi connectivity index (χ0) is 19.6. The molecule has 6 heteroatoms. The largest absolute Gasteiger partial charge is 0.494 e. The highest BCUT2D eigenvalue weighted by molar-refractivity contribution is 5.97. The number of esters is 1. The predicted molar refractivity (Wildman–Crippen MR) is 102 cm³/mol. The minimum Gasteiger partial charge on any atom is -0.494 e. The van der Waals surface area contributed by atoms with Crippen molar-refractivity contribution in [2.75, 3.05) is 18.5 Å². The fourth-order valence-corrected chi connectivity index (χ4v) is 2.22. The molecule has 142 valence electrons. The van der Waals surface area contributed by atoms with E-state index in [1.54, 1.807) is 48.5 Å². The average Bonchev–Trinajstić information content (AvgIpc) is 2.67. The topological polar surface area (TPSA) is 81.7 Å². The summed E-state index contributed by atoms with van der Waals surface area (Å²) in [5.41, 5.74) is 1.42. The van der Waals surface area contributed by atoms with Crippen molar-refractivity contribution in [1.82, 2.24) is 0 Å². The number of amides is 1. The van der Waals surface area contributed by atoms with Crippen LogP contribution in [0, 0.1) is 0 Å². The molecule has 1 amide bonds. The maximum absolute atomic E-state index is 12.0. The van der Waals surface area contributed by atoms with Crippen molar-refractivity contribution in [2.45, 2.75) is 26.7 Å². The van der Waals surface area contributed by atoms with Crippen molar-refractivity contribution < 1.29 is 23.9 Å². The predicted octanol–water partition coefficient (Wildman–Crippen LogP) is 3.86. The summed E-state index contributed by atoms with van der Waals surface area (Å²) in [6.07, 6.45) is 2.02. The highest BCUT2D eigenvalue weighted by atomic mass is 16.5. The molecule has 1 N–H and O–H groups in total. The van der Waals surface area contributed by atoms with Crippen molar-refractivity contribution >= 4 is 23.3 Å². The van der Waals surface area contributed by atoms with E-state index in [0.717, 1.165) is 12.8 Å². The second kappa shape index (κ2) is 10.1. The lowest BCUT2D eigenvalue weighted by molar-refractivity contribution is -0.119. The minimum atomic E-state index is -0.586. The zero-order valence-corrected chi connectivity index (χ0v) is 15.5. The van der Waals surface area contributed by atoms with Gasteiger partial charge in [0.25, 0.3) is 5.91 Å². The summed E-state index contributed by atoms with van der Waals surface area (Å²) in [7, 11) is 0. The Bertz CT molecular complexity index is 781. The fraction of sp³-hybridized carbons (Fsp3) is 0.286. The van der Waals surface area contributed by atoms with Gasteiger partial charge in [0.15, 0.2) is 12.4 Å². The van der Waals surface area contributed by atoms with E-state index in [-0.39, 0.29) is 5.78 Å². The first-order valence-electron chi connectivity index (χ1n) is 8.80. The molecular formula is C21H23NO5. The van der Waals surface area contributed by atoms with Crippen LogP contribution in [0.3, 0.4) is 0 Å². The molecule has 0 saturated heterocycles. The smallest absolute Gasteiger partial charge is 0.338 e. The van der Waals surface area contributed by atoms with Gasteiger partial charge in [0.2, 0.25) is 0 Å². The third kappa shape index (κ3) is 6.58. The lowest BCUT2D eigenvalue weighted by Gasteiger charge is -2.08. The Morgan fingerprint density at radius 1 is 0.926 bits per heavy atom. The molecule has 0 fully saturated rings. The average molecular weight is 369 g/mol. The number of rotatable bonds is 9. The molecule has 2 aromatic rings. The van der Waals surface area contributed by atoms with E-state index in [2.05, 4.69) is 12.2 Å². The number of ether oxygens (including phenoxy) is 2. The number of carbonyl (C=O) groups excluding carboxylic acids is 3. The number of anilines is 1. The molecule has 0 aromatic heterocycles. The molecule has 0 spiro atoms. The second-order valence-corrected chi connectivity index (χ2v) is 5.98. The van der Waals surface area contributed by atoms with Gasteiger partial charge in [0, 0.05) is 11.3 Å². The number of carbonyl (C=O) groups is 3. The van der Waals surface area contributed by atoms with Crippen molar-refractivity contribution in [3.63, 3.8) is 0 Å². The maximum Gasteiger partial charge on any atom is 0.338 e. The highest BCUT2D eigenvalue weighted by Crippen LogP contribution is 2.14. The Balaban J connectivity index is 1.80. The molecule has 2 aromatic carbocycles. The van der Waals surface area contributed by atoms with Gasteiger partial charge >= 0.3 is 5.97 Å². The van der Waals surface area contributed by atoms with Crippen molar-refractivity contribution in [3.8, 4) is 5.75 Å². The Morgan fingerprint density at radius 2 is 1.56 bits per heavy atom. The van der Waals surface area contributed by atoms with Crippen molar-refractivity contribution in [2.24, 2.45) is 0 Å². The Kier molecular flexibility index (Phi) is 7.55. The lowest BCUT2D eigenvalue weighted by Crippen LogP contribution is -2.20. The number of nitrogens with one attached hydrogen (secondary N) is 1. The molecule has 0 aliphatic rings. The van der Waals surface area contributed by atoms with Gasteiger partial charge in [-0.05, 0) is 61.9 Å². The summed E-state index contributed by atoms with van der Waals surface area (Å²) in [6.45, 7) is 3.78. The van der Waals surface area contributed by atoms with Crippen LogP contribution in [-0.4, -0.2) is 30.9 Å². The van der Waals surface area contributed by atoms with Gasteiger partial charge in [-0.1, -0.05) is 13.3 Å². The van der Waals surface area contributed by atoms with Crippen molar-refractivity contribution in [3.05, 3.63) is 59.7 Å². The molecule has 0 aliphatic heterocycles. The number of unbranched alkanes of at least 4 members (excludes halogenated alkanes) is 1. The molecule has 0 aliphatic carbocycles. The van der Waals surface area contributed by atoms with Gasteiger partial charge in [-0.15, -0.1) is 0 Å². The summed E-state index contributed by atoms with van der Waals surface area (Å²) in [6, 6.07) is 13.1. The van der Waals surface area contributed by atoms with E-state index in [9.17, 15) is 14.4 Å². The molecule has 0 saturated carbocycles. The summed E-state index contributed by atoms with van der Waals surface area (Å²) >= 11 is 0. The number of benzene rings is 2. The van der Waals surface area contributed by atoms with E-state index in [1.165, 1.54) is 6.92 Å². The van der Waals surface area contributed by atoms with Crippen LogP contribution >= 0.6 is 0 Å². The Hall–Kier alpha value is -3.15. The van der Waals surface area contributed by atoms with Gasteiger partial charge in [0.1, 0.15) is 5.75 Å². The van der Waals surface area contributed by atoms with Crippen LogP contribution in [0.2, 0.25) is 0 Å². The third-order valence-electron chi connectivity index (χ3n) is 3.77. The monoisotopic (exact) mass is 369 g/mol. The molecule has 0 heterocycles. The molecule has 27 heavy (non-hydrogen) atoms. The van der Waals surface area contributed by atoms with E-state index < -0.39 is 18.5 Å². The third-order valence-corrected chi connectivity index (χ3v) is 3.77. The van der Waals surface area contributed by atoms with Gasteiger partial charge < -0.3 is 14.8 Å². The molecule has 0 unspecified atom stereocenters. The lowest BCUT2D eigenvalue weighted by atomic mass is 10.1. The Morgan fingerprint density at radius 3 is 2.15 bits per heavy atom. The van der Waals surface area contributed by atoms with Crippen LogP contribution < -0.4 is 10.1 Å². The number of ketones is 1. The molecule has 6 nitrogen and oxygen atoms in total. The normalized spacial score (nSPS) is 10.1. The second-order valence-electron chi connectivity index (χ2n) is 5.98. The zero-order valence-electron chi connectivity index (χ0n) is 15.5. The standard InChI is InChI=1S/C21H23NO5/c1-3-4-13-26-19-11-7-17(8-12-19)21(25)27-14-20(24)22-18-9-5-16(6-10-18)15(2)23/h5-12H,3-4,13-14H2,1-2H3,(H,22,24). The molecule has 0 radical (unpaired) electrons. The van der Waals surface area contributed by atoms with E-state index in [1.807, 2.05) is 0 Å². The van der Waals surface area contributed by atoms with Gasteiger partial charge in [-0.3, -0.25) is 9.59 Å². The minimum absolute atomic E-state index is 0.0522. The SMILES string of the molecule is CCCCOc1ccc(C(=O)OCC(=O)Nc2ccc(C(C)=O)cc2)cc1. The first kappa shape index (κ1) is 20.2. The molecule has 0 atom stereocenters. The summed E-state index contributed by atoms with van der Waals surface area (Å²) < 4.78 is 10.5. The van der Waals surface area contributed by atoms with Gasteiger partial charge in [0.05, 0.1) is 12.2 Å². The summed E-state index contributed by atoms with van der Waals surface area (Å²) in [5, 5.41) is 2.61. The summed E-state index contributed by atoms with van der Waals surface area (Å²) in [5.74, 6) is -0.411. The van der Waals surface area contributed by atoms with Crippen LogP contribution in [0.15, 0.2) is 48.5 Å². The van der Waals surface area contributed by atoms with Gasteiger partial charge in [-0.2, -0.15) is 0 Å². The first-order valence-corrected chi connectivity index (χ1v) is 8.80. The first-order chi connectivity index (χ1) is 13.0. The Labute approximate surface area is 158 Å². The number of hydrogen-bond donors (Lipinski definition) is 1. The quantitative estimate of drug-likeness (QED) is 0.412. The van der Waals surface area contributed by atoms with Crippen LogP contribution in [0.1, 0.15) is 47.4 Å². The van der Waals surface area contributed by atoms with Crippen molar-refractivity contribution in [1.29, 1.82) is 0 Å². The molecule has 2 rings (SSSR count). The fourth-order valence-electron chi connectivity index (χ4n) is 2.22. The number of Topliss-reactive ketones (excluding diaryl/α,β-unsaturated/α-hetero) is 1. The van der Waals surface area contributed by atoms with Crippen LogP contribution in [-0.2, 0) is 9.53 Å². The number of hydrogen-bond acceptors (Lipinski definition) is 5. The van der Waals surface area contributed by atoms with E-state index >= 15 is 0 Å². The van der Waals surface area contributed by atoms with E-state index in [0.29, 0.717) is 29.2 Å². The van der Waals surface area contributed by atoms with Gasteiger partial charge in [-0.25, -0.2) is 4.79 Å². The van der Waals surface area contributed by atoms with Crippen LogP contribution in [0.5, 0.6) is 5.75 Å². The van der Waals surface area contributed by atoms with Crippen LogP contribution in [0.4, 0.5) is 5.69 Å². The summed E-state index contributed by atoms with van der Waals surface area (Å²) in [4.78, 5) is 35.1. The maximum atomic E-state index is 12.0. The van der Waals surface area contributed by atoms with E-state index in [4.69, 9.17) is 9.47 Å². The van der Waals surface area contributed by atoms with Crippen LogP contribution in [0.25, 0.3) is 0 Å².